The second-order valence-electron chi connectivity index (χ2n) is 3.20. The Bertz CT molecular complexity index is 360. The van der Waals surface area contributed by atoms with Gasteiger partial charge in [0, 0.05) is 19.0 Å². The molecular formula is C12H14FNO. The Balaban J connectivity index is 2.38. The Morgan fingerprint density at radius 2 is 2.20 bits per heavy atom. The SMILES string of the molecule is CC(=O)NCCC=Cc1ccccc1F. The standard InChI is InChI=1S/C12H14FNO/c1-10(15)14-9-5-4-7-11-6-2-3-8-12(11)13/h2-4,6-8H,5,9H2,1H3,(H,14,15). The molecule has 0 saturated heterocycles. The molecule has 0 saturated carbocycles. The number of carbonyl (C=O) groups is 1. The van der Waals surface area contributed by atoms with Crippen LogP contribution in [0, 0.1) is 5.82 Å². The normalized spacial score (nSPS) is 10.5. The molecule has 0 fully saturated rings. The summed E-state index contributed by atoms with van der Waals surface area (Å²) in [4.78, 5) is 10.5. The molecule has 1 N–H and O–H groups in total. The highest BCUT2D eigenvalue weighted by molar-refractivity contribution is 5.72. The van der Waals surface area contributed by atoms with Crippen molar-refractivity contribution in [3.8, 4) is 0 Å². The maximum Gasteiger partial charge on any atom is 0.216 e. The number of rotatable bonds is 4. The van der Waals surface area contributed by atoms with Crippen LogP contribution in [0.1, 0.15) is 18.9 Å². The lowest BCUT2D eigenvalue weighted by Crippen LogP contribution is -2.20. The summed E-state index contributed by atoms with van der Waals surface area (Å²) in [6.45, 7) is 2.06. The third-order valence-electron chi connectivity index (χ3n) is 1.89. The third-order valence-corrected chi connectivity index (χ3v) is 1.89. The van der Waals surface area contributed by atoms with E-state index in [2.05, 4.69) is 5.32 Å². The Labute approximate surface area is 88.8 Å². The van der Waals surface area contributed by atoms with Gasteiger partial charge in [-0.25, -0.2) is 4.39 Å². The van der Waals surface area contributed by atoms with E-state index in [0.717, 1.165) is 0 Å². The summed E-state index contributed by atoms with van der Waals surface area (Å²) in [6.07, 6.45) is 4.26. The molecule has 80 valence electrons. The first-order valence-corrected chi connectivity index (χ1v) is 4.85. The zero-order valence-corrected chi connectivity index (χ0v) is 8.66. The molecule has 0 radical (unpaired) electrons. The van der Waals surface area contributed by atoms with Crippen LogP contribution in [0.15, 0.2) is 30.3 Å². The van der Waals surface area contributed by atoms with Crippen molar-refractivity contribution in [2.24, 2.45) is 0 Å². The van der Waals surface area contributed by atoms with Gasteiger partial charge in [0.1, 0.15) is 5.82 Å². The molecule has 0 aliphatic rings. The highest BCUT2D eigenvalue weighted by atomic mass is 19.1. The lowest BCUT2D eigenvalue weighted by atomic mass is 10.2. The summed E-state index contributed by atoms with van der Waals surface area (Å²) < 4.78 is 13.1. The fraction of sp³-hybridized carbons (Fsp3) is 0.250. The van der Waals surface area contributed by atoms with Gasteiger partial charge in [-0.15, -0.1) is 0 Å². The van der Waals surface area contributed by atoms with Crippen LogP contribution in [0.3, 0.4) is 0 Å². The van der Waals surface area contributed by atoms with Gasteiger partial charge in [-0.1, -0.05) is 30.4 Å². The Kier molecular flexibility index (Phi) is 4.54. The smallest absolute Gasteiger partial charge is 0.216 e. The van der Waals surface area contributed by atoms with Crippen molar-refractivity contribution in [3.63, 3.8) is 0 Å². The lowest BCUT2D eigenvalue weighted by Gasteiger charge is -1.97. The monoisotopic (exact) mass is 207 g/mol. The number of carbonyl (C=O) groups excluding carboxylic acids is 1. The molecule has 15 heavy (non-hydrogen) atoms. The minimum atomic E-state index is -0.228. The van der Waals surface area contributed by atoms with Crippen molar-refractivity contribution in [1.82, 2.24) is 5.32 Å². The molecule has 0 spiro atoms. The summed E-state index contributed by atoms with van der Waals surface area (Å²) in [6, 6.07) is 6.58. The predicted molar refractivity (Wildman–Crippen MR) is 58.7 cm³/mol. The van der Waals surface area contributed by atoms with E-state index < -0.39 is 0 Å². The van der Waals surface area contributed by atoms with Crippen molar-refractivity contribution in [1.29, 1.82) is 0 Å². The minimum absolute atomic E-state index is 0.0470. The predicted octanol–water partition coefficient (Wildman–Crippen LogP) is 2.37. The molecule has 3 heteroatoms. The second-order valence-corrected chi connectivity index (χ2v) is 3.20. The first kappa shape index (κ1) is 11.4. The van der Waals surface area contributed by atoms with Gasteiger partial charge >= 0.3 is 0 Å². The van der Waals surface area contributed by atoms with Gasteiger partial charge in [0.25, 0.3) is 0 Å². The van der Waals surface area contributed by atoms with E-state index in [1.807, 2.05) is 6.08 Å². The van der Waals surface area contributed by atoms with Gasteiger partial charge in [0.05, 0.1) is 0 Å². The lowest BCUT2D eigenvalue weighted by molar-refractivity contribution is -0.118. The molecule has 0 unspecified atom stereocenters. The third kappa shape index (κ3) is 4.40. The molecule has 1 rings (SSSR count). The van der Waals surface area contributed by atoms with Crippen LogP contribution in [-0.2, 0) is 4.79 Å². The number of hydrogen-bond donors (Lipinski definition) is 1. The van der Waals surface area contributed by atoms with Gasteiger partial charge in [0.15, 0.2) is 0 Å². The second kappa shape index (κ2) is 5.96. The molecule has 1 aromatic carbocycles. The quantitative estimate of drug-likeness (QED) is 0.754. The summed E-state index contributed by atoms with van der Waals surface area (Å²) in [7, 11) is 0. The van der Waals surface area contributed by atoms with Gasteiger partial charge in [0.2, 0.25) is 5.91 Å². The van der Waals surface area contributed by atoms with Crippen molar-refractivity contribution >= 4 is 12.0 Å². The molecule has 0 atom stereocenters. The van der Waals surface area contributed by atoms with E-state index >= 15 is 0 Å². The first-order valence-electron chi connectivity index (χ1n) is 4.85. The van der Waals surface area contributed by atoms with Gasteiger partial charge < -0.3 is 5.32 Å². The molecule has 0 aromatic heterocycles. The average molecular weight is 207 g/mol. The molecule has 0 aliphatic heterocycles. The van der Waals surface area contributed by atoms with Crippen LogP contribution in [0.25, 0.3) is 6.08 Å². The molecule has 1 amide bonds. The fourth-order valence-electron chi connectivity index (χ4n) is 1.15. The number of halogens is 1. The van der Waals surface area contributed by atoms with E-state index in [-0.39, 0.29) is 11.7 Å². The highest BCUT2D eigenvalue weighted by Crippen LogP contribution is 2.08. The summed E-state index contributed by atoms with van der Waals surface area (Å²) in [5.74, 6) is -0.275. The maximum atomic E-state index is 13.1. The van der Waals surface area contributed by atoms with Crippen LogP contribution in [0.5, 0.6) is 0 Å². The maximum absolute atomic E-state index is 13.1. The molecule has 0 heterocycles. The topological polar surface area (TPSA) is 29.1 Å². The van der Waals surface area contributed by atoms with E-state index in [1.54, 1.807) is 24.3 Å². The number of benzene rings is 1. The fourth-order valence-corrected chi connectivity index (χ4v) is 1.15. The highest BCUT2D eigenvalue weighted by Gasteiger charge is 1.94. The van der Waals surface area contributed by atoms with Crippen LogP contribution in [0.4, 0.5) is 4.39 Å². The van der Waals surface area contributed by atoms with Crippen molar-refractivity contribution in [3.05, 3.63) is 41.7 Å². The number of amides is 1. The average Bonchev–Trinajstić information content (AvgIpc) is 2.20. The van der Waals surface area contributed by atoms with E-state index in [0.29, 0.717) is 18.5 Å². The van der Waals surface area contributed by atoms with Gasteiger partial charge in [-0.05, 0) is 12.5 Å². The van der Waals surface area contributed by atoms with Crippen molar-refractivity contribution in [2.75, 3.05) is 6.54 Å². The van der Waals surface area contributed by atoms with E-state index in [4.69, 9.17) is 0 Å². The number of nitrogens with one attached hydrogen (secondary N) is 1. The Morgan fingerprint density at radius 3 is 2.87 bits per heavy atom. The molecule has 1 aromatic rings. The molecule has 0 aliphatic carbocycles. The Morgan fingerprint density at radius 1 is 1.47 bits per heavy atom. The first-order chi connectivity index (χ1) is 7.20. The van der Waals surface area contributed by atoms with Gasteiger partial charge in [-0.2, -0.15) is 0 Å². The zero-order chi connectivity index (χ0) is 11.1. The molecule has 2 nitrogen and oxygen atoms in total. The van der Waals surface area contributed by atoms with E-state index in [9.17, 15) is 9.18 Å². The minimum Gasteiger partial charge on any atom is -0.356 e. The summed E-state index contributed by atoms with van der Waals surface area (Å²) in [5, 5.41) is 2.66. The summed E-state index contributed by atoms with van der Waals surface area (Å²) >= 11 is 0. The van der Waals surface area contributed by atoms with Crippen LogP contribution < -0.4 is 5.32 Å². The number of hydrogen-bond acceptors (Lipinski definition) is 1. The van der Waals surface area contributed by atoms with Crippen LogP contribution in [0.2, 0.25) is 0 Å². The molecule has 0 bridgehead atoms. The van der Waals surface area contributed by atoms with E-state index in [1.165, 1.54) is 13.0 Å². The van der Waals surface area contributed by atoms with Crippen LogP contribution in [-0.4, -0.2) is 12.5 Å². The van der Waals surface area contributed by atoms with Crippen molar-refractivity contribution in [2.45, 2.75) is 13.3 Å². The van der Waals surface area contributed by atoms with Gasteiger partial charge in [-0.3, -0.25) is 4.79 Å². The van der Waals surface area contributed by atoms with Crippen molar-refractivity contribution < 1.29 is 9.18 Å². The molecular weight excluding hydrogens is 193 g/mol. The summed E-state index contributed by atoms with van der Waals surface area (Å²) in [5.41, 5.74) is 0.570. The largest absolute Gasteiger partial charge is 0.356 e. The zero-order valence-electron chi connectivity index (χ0n) is 8.66. The Hall–Kier alpha value is -1.64. The van der Waals surface area contributed by atoms with Crippen LogP contribution >= 0.6 is 0 Å².